The lowest BCUT2D eigenvalue weighted by atomic mass is 9.99. The van der Waals surface area contributed by atoms with E-state index in [0.29, 0.717) is 29.2 Å². The fourth-order valence-corrected chi connectivity index (χ4v) is 2.81. The molecule has 0 aliphatic rings. The molecule has 0 spiro atoms. The zero-order valence-electron chi connectivity index (χ0n) is 14.9. The zero-order valence-corrected chi connectivity index (χ0v) is 14.9. The van der Waals surface area contributed by atoms with Gasteiger partial charge in [-0.25, -0.2) is 0 Å². The van der Waals surface area contributed by atoms with Crippen LogP contribution >= 0.6 is 0 Å². The van der Waals surface area contributed by atoms with Gasteiger partial charge in [0.15, 0.2) is 0 Å². The van der Waals surface area contributed by atoms with Gasteiger partial charge in [0.05, 0.1) is 19.9 Å². The average Bonchev–Trinajstić information content (AvgIpc) is 2.69. The predicted octanol–water partition coefficient (Wildman–Crippen LogP) is 4.55. The summed E-state index contributed by atoms with van der Waals surface area (Å²) < 4.78 is 10.6. The van der Waals surface area contributed by atoms with Crippen molar-refractivity contribution in [2.75, 3.05) is 19.5 Å². The number of nitrogens with one attached hydrogen (secondary N) is 1. The maximum absolute atomic E-state index is 12.9. The number of anilines is 1. The van der Waals surface area contributed by atoms with E-state index < -0.39 is 0 Å². The van der Waals surface area contributed by atoms with E-state index in [1.165, 1.54) is 0 Å². The van der Waals surface area contributed by atoms with Crippen LogP contribution in [-0.2, 0) is 6.42 Å². The molecular formula is C22H21NO3. The summed E-state index contributed by atoms with van der Waals surface area (Å²) in [5.41, 5.74) is 3.34. The zero-order chi connectivity index (χ0) is 18.4. The van der Waals surface area contributed by atoms with Crippen molar-refractivity contribution in [3.8, 4) is 11.5 Å². The largest absolute Gasteiger partial charge is 0.497 e. The molecule has 3 aromatic rings. The predicted molar refractivity (Wildman–Crippen MR) is 103 cm³/mol. The van der Waals surface area contributed by atoms with Gasteiger partial charge in [0.2, 0.25) is 0 Å². The Morgan fingerprint density at radius 3 is 2.35 bits per heavy atom. The van der Waals surface area contributed by atoms with Crippen LogP contribution in [0.15, 0.2) is 72.8 Å². The first kappa shape index (κ1) is 17.5. The Kier molecular flexibility index (Phi) is 5.54. The third kappa shape index (κ3) is 4.03. The molecular weight excluding hydrogens is 326 g/mol. The Morgan fingerprint density at radius 1 is 0.885 bits per heavy atom. The van der Waals surface area contributed by atoms with E-state index in [4.69, 9.17) is 9.47 Å². The quantitative estimate of drug-likeness (QED) is 0.712. The summed E-state index contributed by atoms with van der Waals surface area (Å²) in [6.07, 6.45) is 0.694. The molecule has 132 valence electrons. The second-order valence-corrected chi connectivity index (χ2v) is 5.84. The summed E-state index contributed by atoms with van der Waals surface area (Å²) in [7, 11) is 3.16. The van der Waals surface area contributed by atoms with Crippen molar-refractivity contribution in [2.24, 2.45) is 0 Å². The molecule has 0 bridgehead atoms. The fraction of sp³-hybridized carbons (Fsp3) is 0.136. The van der Waals surface area contributed by atoms with Gasteiger partial charge < -0.3 is 14.8 Å². The summed E-state index contributed by atoms with van der Waals surface area (Å²) in [4.78, 5) is 12.9. The molecule has 0 unspecified atom stereocenters. The average molecular weight is 347 g/mol. The number of carbonyl (C=O) groups excluding carboxylic acids is 1. The van der Waals surface area contributed by atoms with Crippen LogP contribution in [0.2, 0.25) is 0 Å². The molecule has 4 nitrogen and oxygen atoms in total. The van der Waals surface area contributed by atoms with Crippen molar-refractivity contribution >= 4 is 11.6 Å². The first-order chi connectivity index (χ1) is 12.7. The van der Waals surface area contributed by atoms with Crippen molar-refractivity contribution in [2.45, 2.75) is 6.42 Å². The maximum atomic E-state index is 12.9. The lowest BCUT2D eigenvalue weighted by Gasteiger charge is -2.14. The number of hydrogen-bond donors (Lipinski definition) is 1. The van der Waals surface area contributed by atoms with Gasteiger partial charge in [-0.3, -0.25) is 4.79 Å². The highest BCUT2D eigenvalue weighted by Gasteiger charge is 2.14. The Hall–Kier alpha value is -3.27. The molecule has 0 saturated carbocycles. The molecule has 3 rings (SSSR count). The SMILES string of the molecule is COc1ccc(OC)c(NC(=O)c2ccccc2Cc2ccccc2)c1. The monoisotopic (exact) mass is 347 g/mol. The van der Waals surface area contributed by atoms with Crippen LogP contribution in [0.4, 0.5) is 5.69 Å². The van der Waals surface area contributed by atoms with E-state index in [9.17, 15) is 4.79 Å². The first-order valence-corrected chi connectivity index (χ1v) is 8.36. The smallest absolute Gasteiger partial charge is 0.256 e. The van der Waals surface area contributed by atoms with Crippen LogP contribution in [0.25, 0.3) is 0 Å². The van der Waals surface area contributed by atoms with Crippen LogP contribution in [0.5, 0.6) is 11.5 Å². The summed E-state index contributed by atoms with van der Waals surface area (Å²) in [6, 6.07) is 23.0. The van der Waals surface area contributed by atoms with Gasteiger partial charge in [0.1, 0.15) is 11.5 Å². The summed E-state index contributed by atoms with van der Waals surface area (Å²) in [5.74, 6) is 1.06. The van der Waals surface area contributed by atoms with Crippen LogP contribution in [0.1, 0.15) is 21.5 Å². The molecule has 1 N–H and O–H groups in total. The summed E-state index contributed by atoms with van der Waals surface area (Å²) >= 11 is 0. The van der Waals surface area contributed by atoms with Crippen LogP contribution in [0.3, 0.4) is 0 Å². The van der Waals surface area contributed by atoms with Gasteiger partial charge in [-0.1, -0.05) is 48.5 Å². The third-order valence-corrected chi connectivity index (χ3v) is 4.15. The van der Waals surface area contributed by atoms with E-state index in [1.54, 1.807) is 32.4 Å². The van der Waals surface area contributed by atoms with Gasteiger partial charge in [-0.15, -0.1) is 0 Å². The minimum atomic E-state index is -0.178. The number of rotatable bonds is 6. The highest BCUT2D eigenvalue weighted by molar-refractivity contribution is 6.06. The van der Waals surface area contributed by atoms with Crippen LogP contribution in [0, 0.1) is 0 Å². The Balaban J connectivity index is 1.87. The number of ether oxygens (including phenoxy) is 2. The van der Waals surface area contributed by atoms with E-state index >= 15 is 0 Å². The number of amides is 1. The molecule has 3 aromatic carbocycles. The fourth-order valence-electron chi connectivity index (χ4n) is 2.81. The topological polar surface area (TPSA) is 47.6 Å². The molecule has 0 fully saturated rings. The van der Waals surface area contributed by atoms with E-state index in [2.05, 4.69) is 17.4 Å². The second-order valence-electron chi connectivity index (χ2n) is 5.84. The Labute approximate surface area is 153 Å². The lowest BCUT2D eigenvalue weighted by Crippen LogP contribution is -2.15. The number of methoxy groups -OCH3 is 2. The Morgan fingerprint density at radius 2 is 1.62 bits per heavy atom. The van der Waals surface area contributed by atoms with Crippen molar-refractivity contribution in [3.05, 3.63) is 89.5 Å². The standard InChI is InChI=1S/C22H21NO3/c1-25-18-12-13-21(26-2)20(15-18)23-22(24)19-11-7-6-10-17(19)14-16-8-4-3-5-9-16/h3-13,15H,14H2,1-2H3,(H,23,24). The molecule has 1 amide bonds. The third-order valence-electron chi connectivity index (χ3n) is 4.15. The van der Waals surface area contributed by atoms with Gasteiger partial charge in [0, 0.05) is 11.6 Å². The van der Waals surface area contributed by atoms with E-state index in [-0.39, 0.29) is 5.91 Å². The molecule has 0 saturated heterocycles. The van der Waals surface area contributed by atoms with Gasteiger partial charge in [-0.2, -0.15) is 0 Å². The van der Waals surface area contributed by atoms with Crippen LogP contribution < -0.4 is 14.8 Å². The lowest BCUT2D eigenvalue weighted by molar-refractivity contribution is 0.102. The first-order valence-electron chi connectivity index (χ1n) is 8.36. The minimum Gasteiger partial charge on any atom is -0.497 e. The number of benzene rings is 3. The highest BCUT2D eigenvalue weighted by atomic mass is 16.5. The highest BCUT2D eigenvalue weighted by Crippen LogP contribution is 2.29. The summed E-state index contributed by atoms with van der Waals surface area (Å²) in [5, 5.41) is 2.93. The minimum absolute atomic E-state index is 0.178. The van der Waals surface area contributed by atoms with Crippen molar-refractivity contribution < 1.29 is 14.3 Å². The molecule has 0 atom stereocenters. The van der Waals surface area contributed by atoms with E-state index in [1.807, 2.05) is 42.5 Å². The second kappa shape index (κ2) is 8.21. The van der Waals surface area contributed by atoms with Crippen molar-refractivity contribution in [3.63, 3.8) is 0 Å². The van der Waals surface area contributed by atoms with Crippen molar-refractivity contribution in [1.82, 2.24) is 0 Å². The molecule has 0 aliphatic carbocycles. The van der Waals surface area contributed by atoms with Gasteiger partial charge >= 0.3 is 0 Å². The van der Waals surface area contributed by atoms with Gasteiger partial charge in [0.25, 0.3) is 5.91 Å². The maximum Gasteiger partial charge on any atom is 0.256 e. The van der Waals surface area contributed by atoms with E-state index in [0.717, 1.165) is 11.1 Å². The molecule has 0 aromatic heterocycles. The van der Waals surface area contributed by atoms with Crippen molar-refractivity contribution in [1.29, 1.82) is 0 Å². The normalized spacial score (nSPS) is 10.2. The number of hydrogen-bond acceptors (Lipinski definition) is 3. The molecule has 0 aliphatic heterocycles. The molecule has 26 heavy (non-hydrogen) atoms. The van der Waals surface area contributed by atoms with Crippen LogP contribution in [-0.4, -0.2) is 20.1 Å². The van der Waals surface area contributed by atoms with Gasteiger partial charge in [-0.05, 0) is 35.7 Å². The molecule has 0 radical (unpaired) electrons. The molecule has 0 heterocycles. The Bertz CT molecular complexity index is 891. The molecule has 4 heteroatoms. The summed E-state index contributed by atoms with van der Waals surface area (Å²) in [6.45, 7) is 0. The number of carbonyl (C=O) groups is 1.